The molecular weight excluding hydrogens is 421 g/mol. The number of aryl methyl sites for hydroxylation is 1. The number of amides is 1. The fourth-order valence-corrected chi connectivity index (χ4v) is 5.60. The van der Waals surface area contributed by atoms with Crippen molar-refractivity contribution in [3.8, 4) is 0 Å². The van der Waals surface area contributed by atoms with Crippen molar-refractivity contribution < 1.29 is 17.6 Å². The van der Waals surface area contributed by atoms with Gasteiger partial charge in [0, 0.05) is 24.5 Å². The van der Waals surface area contributed by atoms with E-state index in [1.54, 1.807) is 30.6 Å². The number of aromatic nitrogens is 1. The number of thiazole rings is 1. The molecule has 3 aromatic rings. The molecule has 28 heavy (non-hydrogen) atoms. The molecule has 3 rings (SSSR count). The lowest BCUT2D eigenvalue weighted by Crippen LogP contribution is -2.34. The van der Waals surface area contributed by atoms with E-state index in [9.17, 15) is 17.6 Å². The zero-order valence-corrected chi connectivity index (χ0v) is 17.6. The molecule has 0 fully saturated rings. The van der Waals surface area contributed by atoms with Crippen molar-refractivity contribution in [3.63, 3.8) is 0 Å². The van der Waals surface area contributed by atoms with Crippen LogP contribution in [-0.4, -0.2) is 37.2 Å². The van der Waals surface area contributed by atoms with Gasteiger partial charge in [-0.05, 0) is 35.6 Å². The van der Waals surface area contributed by atoms with Crippen LogP contribution >= 0.6 is 22.7 Å². The first-order chi connectivity index (χ1) is 13.3. The van der Waals surface area contributed by atoms with Gasteiger partial charge in [0.15, 0.2) is 5.13 Å². The van der Waals surface area contributed by atoms with Gasteiger partial charge in [0.25, 0.3) is 10.0 Å². The summed E-state index contributed by atoms with van der Waals surface area (Å²) >= 11 is 2.36. The second-order valence-corrected chi connectivity index (χ2v) is 10.5. The first kappa shape index (κ1) is 20.6. The Morgan fingerprint density at radius 1 is 1.32 bits per heavy atom. The number of sulfonamides is 1. The summed E-state index contributed by atoms with van der Waals surface area (Å²) in [5.74, 6) is -0.740. The van der Waals surface area contributed by atoms with Crippen molar-refractivity contribution in [2.24, 2.45) is 0 Å². The number of rotatable bonds is 7. The highest BCUT2D eigenvalue weighted by molar-refractivity contribution is 7.91. The van der Waals surface area contributed by atoms with E-state index in [4.69, 9.17) is 0 Å². The van der Waals surface area contributed by atoms with Crippen LogP contribution in [0.3, 0.4) is 0 Å². The number of nitrogens with zero attached hydrogens (tertiary/aromatic N) is 2. The quantitative estimate of drug-likeness (QED) is 0.611. The largest absolute Gasteiger partial charge is 0.301 e. The van der Waals surface area contributed by atoms with E-state index in [1.165, 1.54) is 30.5 Å². The molecule has 0 atom stereocenters. The Morgan fingerprint density at radius 3 is 2.79 bits per heavy atom. The molecule has 0 bridgehead atoms. The summed E-state index contributed by atoms with van der Waals surface area (Å²) in [6.45, 7) is 1.38. The lowest BCUT2D eigenvalue weighted by atomic mass is 10.1. The maximum atomic E-state index is 13.7. The zero-order valence-electron chi connectivity index (χ0n) is 15.2. The van der Waals surface area contributed by atoms with Gasteiger partial charge in [-0.25, -0.2) is 17.8 Å². The summed E-state index contributed by atoms with van der Waals surface area (Å²) in [6.07, 6.45) is 2.11. The number of hydrogen-bond acceptors (Lipinski definition) is 6. The number of hydrogen-bond donors (Lipinski definition) is 1. The van der Waals surface area contributed by atoms with E-state index >= 15 is 0 Å². The molecular formula is C18H18FN3O3S3. The van der Waals surface area contributed by atoms with Crippen LogP contribution in [-0.2, 0) is 21.2 Å². The molecule has 0 spiro atoms. The number of nitrogens with one attached hydrogen (secondary N) is 1. The predicted octanol–water partition coefficient (Wildman–Crippen LogP) is 3.50. The molecule has 6 nitrogen and oxygen atoms in total. The van der Waals surface area contributed by atoms with E-state index in [0.29, 0.717) is 17.1 Å². The third kappa shape index (κ3) is 4.82. The molecule has 0 saturated heterocycles. The average Bonchev–Trinajstić information content (AvgIpc) is 3.30. The van der Waals surface area contributed by atoms with Gasteiger partial charge in [-0.2, -0.15) is 4.31 Å². The van der Waals surface area contributed by atoms with Gasteiger partial charge < -0.3 is 5.32 Å². The third-order valence-electron chi connectivity index (χ3n) is 3.94. The first-order valence-corrected chi connectivity index (χ1v) is 11.4. The second kappa shape index (κ2) is 8.48. The Hall–Kier alpha value is -2.14. The van der Waals surface area contributed by atoms with Gasteiger partial charge in [0.05, 0.1) is 6.54 Å². The van der Waals surface area contributed by atoms with E-state index in [0.717, 1.165) is 26.1 Å². The molecule has 1 amide bonds. The van der Waals surface area contributed by atoms with Crippen molar-refractivity contribution in [2.75, 3.05) is 18.9 Å². The minimum Gasteiger partial charge on any atom is -0.301 e. The molecule has 148 valence electrons. The Bertz CT molecular complexity index is 1080. The predicted molar refractivity (Wildman–Crippen MR) is 109 cm³/mol. The minimum absolute atomic E-state index is 0.185. The summed E-state index contributed by atoms with van der Waals surface area (Å²) in [4.78, 5) is 17.2. The van der Waals surface area contributed by atoms with Gasteiger partial charge in [-0.3, -0.25) is 4.79 Å². The van der Waals surface area contributed by atoms with Crippen LogP contribution in [0.1, 0.15) is 16.0 Å². The normalized spacial score (nSPS) is 11.7. The van der Waals surface area contributed by atoms with Crippen molar-refractivity contribution in [1.29, 1.82) is 0 Å². The Kier molecular flexibility index (Phi) is 6.23. The number of anilines is 1. The van der Waals surface area contributed by atoms with E-state index in [1.807, 2.05) is 6.07 Å². The number of halogens is 1. The highest BCUT2D eigenvalue weighted by atomic mass is 32.2. The number of benzene rings is 1. The highest BCUT2D eigenvalue weighted by Crippen LogP contribution is 2.23. The molecule has 0 aliphatic carbocycles. The van der Waals surface area contributed by atoms with Crippen molar-refractivity contribution in [3.05, 3.63) is 63.7 Å². The molecule has 1 aromatic carbocycles. The monoisotopic (exact) mass is 439 g/mol. The Labute approximate surface area is 170 Å². The van der Waals surface area contributed by atoms with Gasteiger partial charge >= 0.3 is 0 Å². The maximum absolute atomic E-state index is 13.7. The van der Waals surface area contributed by atoms with Gasteiger partial charge in [0.1, 0.15) is 10.0 Å². The van der Waals surface area contributed by atoms with Crippen LogP contribution in [0.5, 0.6) is 0 Å². The molecule has 0 radical (unpaired) electrons. The molecule has 10 heteroatoms. The van der Waals surface area contributed by atoms with Crippen LogP contribution in [0.15, 0.2) is 46.1 Å². The van der Waals surface area contributed by atoms with Crippen LogP contribution in [0.4, 0.5) is 9.52 Å². The lowest BCUT2D eigenvalue weighted by Gasteiger charge is -2.14. The van der Waals surface area contributed by atoms with Gasteiger partial charge in [0.2, 0.25) is 5.91 Å². The smallest absolute Gasteiger partial charge is 0.252 e. The van der Waals surface area contributed by atoms with Crippen molar-refractivity contribution in [1.82, 2.24) is 9.29 Å². The van der Waals surface area contributed by atoms with E-state index in [2.05, 4.69) is 10.3 Å². The number of thiophene rings is 1. The van der Waals surface area contributed by atoms with Crippen LogP contribution in [0, 0.1) is 12.7 Å². The summed E-state index contributed by atoms with van der Waals surface area (Å²) in [5, 5.41) is 4.64. The molecule has 0 aliphatic rings. The molecule has 2 heterocycles. The summed E-state index contributed by atoms with van der Waals surface area (Å²) in [5.41, 5.74) is 1.40. The Balaban J connectivity index is 1.60. The van der Waals surface area contributed by atoms with Gasteiger partial charge in [-0.1, -0.05) is 18.2 Å². The fraction of sp³-hybridized carbons (Fsp3) is 0.222. The summed E-state index contributed by atoms with van der Waals surface area (Å²) in [6, 6.07) is 8.19. The second-order valence-electron chi connectivity index (χ2n) is 6.13. The topological polar surface area (TPSA) is 79.4 Å². The number of carbonyl (C=O) groups excluding carboxylic acids is 1. The van der Waals surface area contributed by atoms with E-state index < -0.39 is 15.9 Å². The molecule has 1 N–H and O–H groups in total. The minimum atomic E-state index is -3.69. The highest BCUT2D eigenvalue weighted by Gasteiger charge is 2.24. The lowest BCUT2D eigenvalue weighted by molar-refractivity contribution is -0.116. The molecule has 0 saturated carbocycles. The first-order valence-electron chi connectivity index (χ1n) is 8.25. The molecule has 2 aromatic heterocycles. The van der Waals surface area contributed by atoms with Crippen LogP contribution in [0.2, 0.25) is 0 Å². The van der Waals surface area contributed by atoms with Crippen molar-refractivity contribution >= 4 is 43.7 Å². The standard InChI is InChI=1S/C18H18FN3O3S3/c1-12-5-6-13(9-15(12)19)8-14-10-20-18(27-14)21-16(23)11-22(2)28(24,25)17-4-3-7-26-17/h3-7,9-10H,8,11H2,1-2H3,(H,20,21,23). The van der Waals surface area contributed by atoms with Crippen LogP contribution < -0.4 is 5.32 Å². The fourth-order valence-electron chi connectivity index (χ4n) is 2.40. The van der Waals surface area contributed by atoms with E-state index in [-0.39, 0.29) is 16.6 Å². The third-order valence-corrected chi connectivity index (χ3v) is 8.03. The van der Waals surface area contributed by atoms with Crippen LogP contribution in [0.25, 0.3) is 0 Å². The molecule has 0 unspecified atom stereocenters. The molecule has 0 aliphatic heterocycles. The van der Waals surface area contributed by atoms with Gasteiger partial charge in [-0.15, -0.1) is 22.7 Å². The maximum Gasteiger partial charge on any atom is 0.252 e. The number of likely N-dealkylation sites (N-methyl/N-ethyl adjacent to an activating group) is 1. The Morgan fingerprint density at radius 2 is 2.11 bits per heavy atom. The summed E-state index contributed by atoms with van der Waals surface area (Å²) < 4.78 is 39.5. The van der Waals surface area contributed by atoms with Crippen molar-refractivity contribution in [2.45, 2.75) is 17.6 Å². The number of carbonyl (C=O) groups is 1. The SMILES string of the molecule is Cc1ccc(Cc2cnc(NC(=O)CN(C)S(=O)(=O)c3cccs3)s2)cc1F. The summed E-state index contributed by atoms with van der Waals surface area (Å²) in [7, 11) is -2.33. The average molecular weight is 440 g/mol. The zero-order chi connectivity index (χ0) is 20.3.